The van der Waals surface area contributed by atoms with Crippen LogP contribution in [0.5, 0.6) is 11.5 Å². The zero-order valence-corrected chi connectivity index (χ0v) is 16.0. The summed E-state index contributed by atoms with van der Waals surface area (Å²) in [4.78, 5) is 21.6. The third kappa shape index (κ3) is 6.58. The summed E-state index contributed by atoms with van der Waals surface area (Å²) in [5, 5.41) is 29.3. The quantitative estimate of drug-likeness (QED) is 0.515. The summed E-state index contributed by atoms with van der Waals surface area (Å²) in [5.74, 6) is -0.788. The number of aryl methyl sites for hydroxylation is 2. The van der Waals surface area contributed by atoms with E-state index in [0.29, 0.717) is 50.6 Å². The van der Waals surface area contributed by atoms with Crippen molar-refractivity contribution in [2.24, 2.45) is 5.41 Å². The molecule has 0 atom stereocenters. The molecule has 0 fully saturated rings. The number of carboxylic acid groups (broad SMARTS) is 1. The van der Waals surface area contributed by atoms with Gasteiger partial charge >= 0.3 is 5.97 Å². The summed E-state index contributed by atoms with van der Waals surface area (Å²) < 4.78 is 5.01. The molecule has 0 heterocycles. The van der Waals surface area contributed by atoms with E-state index >= 15 is 0 Å². The van der Waals surface area contributed by atoms with Gasteiger partial charge in [-0.3, -0.25) is 9.59 Å². The van der Waals surface area contributed by atoms with Crippen LogP contribution in [-0.4, -0.2) is 33.4 Å². The smallest absolute Gasteiger partial charge is 0.309 e. The molecule has 26 heavy (non-hydrogen) atoms. The highest BCUT2D eigenvalue weighted by atomic mass is 16.5. The fourth-order valence-corrected chi connectivity index (χ4v) is 2.80. The van der Waals surface area contributed by atoms with Crippen molar-refractivity contribution in [2.45, 2.75) is 71.8 Å². The average molecular weight is 366 g/mol. The number of carbonyl (C=O) groups is 2. The van der Waals surface area contributed by atoms with Crippen molar-refractivity contribution >= 4 is 12.4 Å². The van der Waals surface area contributed by atoms with Gasteiger partial charge in [0.15, 0.2) is 0 Å². The number of benzene rings is 1. The van der Waals surface area contributed by atoms with Gasteiger partial charge < -0.3 is 20.1 Å². The normalized spacial score (nSPS) is 12.0. The average Bonchev–Trinajstić information content (AvgIpc) is 2.50. The summed E-state index contributed by atoms with van der Waals surface area (Å²) >= 11 is 0. The van der Waals surface area contributed by atoms with E-state index in [-0.39, 0.29) is 11.5 Å². The molecule has 6 nitrogen and oxygen atoms in total. The Bertz CT molecular complexity index is 633. The minimum Gasteiger partial charge on any atom is -0.508 e. The van der Waals surface area contributed by atoms with Crippen molar-refractivity contribution < 1.29 is 29.6 Å². The van der Waals surface area contributed by atoms with Gasteiger partial charge in [0, 0.05) is 6.07 Å². The van der Waals surface area contributed by atoms with Crippen LogP contribution >= 0.6 is 0 Å². The maximum atomic E-state index is 11.2. The maximum Gasteiger partial charge on any atom is 0.309 e. The van der Waals surface area contributed by atoms with E-state index in [2.05, 4.69) is 0 Å². The molecular weight excluding hydrogens is 336 g/mol. The van der Waals surface area contributed by atoms with Gasteiger partial charge in [-0.2, -0.15) is 0 Å². The zero-order chi connectivity index (χ0) is 20.0. The number of carbonyl (C=O) groups excluding carboxylic acids is 1. The predicted octanol–water partition coefficient (Wildman–Crippen LogP) is 3.81. The molecule has 0 aliphatic carbocycles. The lowest BCUT2D eigenvalue weighted by atomic mass is 9.86. The van der Waals surface area contributed by atoms with E-state index in [1.54, 1.807) is 19.9 Å². The van der Waals surface area contributed by atoms with Gasteiger partial charge in [-0.05, 0) is 83.4 Å². The second kappa shape index (κ2) is 8.92. The Morgan fingerprint density at radius 3 is 1.96 bits per heavy atom. The van der Waals surface area contributed by atoms with E-state index in [1.807, 2.05) is 13.8 Å². The second-order valence-corrected chi connectivity index (χ2v) is 7.98. The lowest BCUT2D eigenvalue weighted by Crippen LogP contribution is -2.23. The first-order chi connectivity index (χ1) is 12.0. The van der Waals surface area contributed by atoms with Crippen LogP contribution in [0.3, 0.4) is 0 Å². The molecule has 0 aliphatic rings. The van der Waals surface area contributed by atoms with Crippen molar-refractivity contribution in [2.75, 3.05) is 0 Å². The molecule has 3 N–H and O–H groups in total. The number of hydrogen-bond donors (Lipinski definition) is 3. The summed E-state index contributed by atoms with van der Waals surface area (Å²) in [7, 11) is 0. The van der Waals surface area contributed by atoms with Gasteiger partial charge in [0.1, 0.15) is 17.1 Å². The third-order valence-electron chi connectivity index (χ3n) is 4.70. The lowest BCUT2D eigenvalue weighted by Gasteiger charge is -2.22. The van der Waals surface area contributed by atoms with Crippen molar-refractivity contribution in [3.05, 3.63) is 23.3 Å². The van der Waals surface area contributed by atoms with Gasteiger partial charge in [0.05, 0.1) is 5.41 Å². The SMILES string of the molecule is CC(C)(CCCc1cc(CCCC(C)(C)C(=O)O)c(O)cc1O)OC=O. The van der Waals surface area contributed by atoms with E-state index in [1.165, 1.54) is 6.07 Å². The monoisotopic (exact) mass is 366 g/mol. The third-order valence-corrected chi connectivity index (χ3v) is 4.70. The van der Waals surface area contributed by atoms with Gasteiger partial charge in [-0.15, -0.1) is 0 Å². The number of ether oxygens (including phenoxy) is 1. The molecule has 1 rings (SSSR count). The van der Waals surface area contributed by atoms with E-state index in [0.717, 1.165) is 5.56 Å². The predicted molar refractivity (Wildman–Crippen MR) is 98.3 cm³/mol. The molecular formula is C20H30O6. The molecule has 146 valence electrons. The molecule has 0 saturated carbocycles. The number of carboxylic acids is 1. The molecule has 0 amide bonds. The fraction of sp³-hybridized carbons (Fsp3) is 0.600. The Kier molecular flexibility index (Phi) is 7.48. The van der Waals surface area contributed by atoms with Gasteiger partial charge in [0.2, 0.25) is 0 Å². The Morgan fingerprint density at radius 1 is 1.00 bits per heavy atom. The van der Waals surface area contributed by atoms with Crippen LogP contribution in [0.25, 0.3) is 0 Å². The minimum absolute atomic E-state index is 0.0176. The molecule has 0 bridgehead atoms. The molecule has 0 saturated heterocycles. The van der Waals surface area contributed by atoms with Crippen molar-refractivity contribution in [1.29, 1.82) is 0 Å². The minimum atomic E-state index is -0.840. The number of rotatable bonds is 11. The lowest BCUT2D eigenvalue weighted by molar-refractivity contribution is -0.147. The van der Waals surface area contributed by atoms with E-state index in [4.69, 9.17) is 9.84 Å². The van der Waals surface area contributed by atoms with Gasteiger partial charge in [-0.25, -0.2) is 0 Å². The van der Waals surface area contributed by atoms with Crippen LogP contribution in [0.15, 0.2) is 12.1 Å². The maximum absolute atomic E-state index is 11.2. The van der Waals surface area contributed by atoms with Crippen LogP contribution in [0, 0.1) is 5.41 Å². The Balaban J connectivity index is 2.70. The Labute approximate surface area is 154 Å². The summed E-state index contributed by atoms with van der Waals surface area (Å²) in [6.07, 6.45) is 3.60. The van der Waals surface area contributed by atoms with Crippen LogP contribution in [0.2, 0.25) is 0 Å². The topological polar surface area (TPSA) is 104 Å². The van der Waals surface area contributed by atoms with Crippen LogP contribution in [0.4, 0.5) is 0 Å². The van der Waals surface area contributed by atoms with Crippen LogP contribution in [0.1, 0.15) is 64.5 Å². The number of hydrogen-bond acceptors (Lipinski definition) is 5. The molecule has 0 spiro atoms. The number of aromatic hydroxyl groups is 2. The van der Waals surface area contributed by atoms with Crippen molar-refractivity contribution in [3.63, 3.8) is 0 Å². The van der Waals surface area contributed by atoms with Crippen molar-refractivity contribution in [1.82, 2.24) is 0 Å². The fourth-order valence-electron chi connectivity index (χ4n) is 2.80. The summed E-state index contributed by atoms with van der Waals surface area (Å²) in [6.45, 7) is 7.46. The van der Waals surface area contributed by atoms with Crippen LogP contribution < -0.4 is 0 Å². The van der Waals surface area contributed by atoms with E-state index < -0.39 is 17.0 Å². The molecule has 0 unspecified atom stereocenters. The zero-order valence-electron chi connectivity index (χ0n) is 16.0. The molecule has 6 heteroatoms. The summed E-state index contributed by atoms with van der Waals surface area (Å²) in [6, 6.07) is 3.10. The first kappa shape index (κ1) is 21.8. The molecule has 1 aromatic carbocycles. The molecule has 0 radical (unpaired) electrons. The Hall–Kier alpha value is -2.24. The molecule has 0 aliphatic heterocycles. The van der Waals surface area contributed by atoms with Gasteiger partial charge in [0.25, 0.3) is 6.47 Å². The number of phenols is 2. The largest absolute Gasteiger partial charge is 0.508 e. The first-order valence-corrected chi connectivity index (χ1v) is 8.87. The highest BCUT2D eigenvalue weighted by Crippen LogP contribution is 2.31. The first-order valence-electron chi connectivity index (χ1n) is 8.87. The van der Waals surface area contributed by atoms with Crippen molar-refractivity contribution in [3.8, 4) is 11.5 Å². The Morgan fingerprint density at radius 2 is 1.50 bits per heavy atom. The number of phenolic OH excluding ortho intramolecular Hbond substituents is 2. The highest BCUT2D eigenvalue weighted by Gasteiger charge is 2.26. The van der Waals surface area contributed by atoms with Gasteiger partial charge in [-0.1, -0.05) is 0 Å². The molecule has 1 aromatic rings. The second-order valence-electron chi connectivity index (χ2n) is 7.98. The highest BCUT2D eigenvalue weighted by molar-refractivity contribution is 5.73. The van der Waals surface area contributed by atoms with Crippen LogP contribution in [-0.2, 0) is 27.2 Å². The summed E-state index contributed by atoms with van der Waals surface area (Å²) in [5.41, 5.74) is 0.0542. The standard InChI is InChI=1S/C20H30O6/c1-19(2,18(24)25)9-5-7-14-11-15(17(23)12-16(14)22)8-6-10-20(3,4)26-13-21/h11-13,22-23H,5-10H2,1-4H3,(H,24,25). The number of aliphatic carboxylic acids is 1. The molecule has 0 aromatic heterocycles. The van der Waals surface area contributed by atoms with E-state index in [9.17, 15) is 19.8 Å².